The fourth-order valence-corrected chi connectivity index (χ4v) is 3.15. The summed E-state index contributed by atoms with van der Waals surface area (Å²) in [5.74, 6) is 0.710. The molecule has 1 fully saturated rings. The van der Waals surface area contributed by atoms with E-state index in [0.717, 1.165) is 43.2 Å². The fraction of sp³-hybridized carbons (Fsp3) is 0.647. The molecule has 0 aliphatic carbocycles. The molecular weight excluding hydrogens is 265 g/mol. The number of rotatable bonds is 6. The third-order valence-corrected chi connectivity index (χ3v) is 4.22. The van der Waals surface area contributed by atoms with E-state index in [4.69, 9.17) is 0 Å². The molecule has 0 unspecified atom stereocenters. The lowest BCUT2D eigenvalue weighted by molar-refractivity contribution is 0.155. The number of halogens is 1. The van der Waals surface area contributed by atoms with Gasteiger partial charge in [0.25, 0.3) is 0 Å². The standard InChI is InChI=1S/C17H28FN3/c1-19-11-15-4-5-17(18)16(10-15)13-21-8-6-14(7-9-21)12-20(2)3/h4-5,10,14,19H,6-9,11-13H2,1-3H3. The van der Waals surface area contributed by atoms with Crippen molar-refractivity contribution in [3.05, 3.63) is 35.1 Å². The summed E-state index contributed by atoms with van der Waals surface area (Å²) >= 11 is 0. The predicted molar refractivity (Wildman–Crippen MR) is 85.7 cm³/mol. The van der Waals surface area contributed by atoms with Crippen molar-refractivity contribution in [1.82, 2.24) is 15.1 Å². The highest BCUT2D eigenvalue weighted by atomic mass is 19.1. The molecular formula is C17H28FN3. The Kier molecular flexibility index (Phi) is 6.15. The van der Waals surface area contributed by atoms with Gasteiger partial charge in [0.15, 0.2) is 0 Å². The van der Waals surface area contributed by atoms with Gasteiger partial charge in [-0.05, 0) is 64.6 Å². The molecule has 0 saturated carbocycles. The van der Waals surface area contributed by atoms with Crippen molar-refractivity contribution >= 4 is 0 Å². The van der Waals surface area contributed by atoms with Gasteiger partial charge in [-0.15, -0.1) is 0 Å². The van der Waals surface area contributed by atoms with E-state index in [-0.39, 0.29) is 5.82 Å². The summed E-state index contributed by atoms with van der Waals surface area (Å²) < 4.78 is 14.0. The van der Waals surface area contributed by atoms with E-state index in [9.17, 15) is 4.39 Å². The van der Waals surface area contributed by atoms with Crippen molar-refractivity contribution < 1.29 is 4.39 Å². The molecule has 4 heteroatoms. The van der Waals surface area contributed by atoms with E-state index < -0.39 is 0 Å². The van der Waals surface area contributed by atoms with Gasteiger partial charge in [0.2, 0.25) is 0 Å². The zero-order chi connectivity index (χ0) is 15.2. The van der Waals surface area contributed by atoms with Crippen LogP contribution in [0.4, 0.5) is 4.39 Å². The van der Waals surface area contributed by atoms with Crippen LogP contribution in [0.3, 0.4) is 0 Å². The first kappa shape index (κ1) is 16.4. The normalized spacial score (nSPS) is 17.6. The van der Waals surface area contributed by atoms with Crippen LogP contribution in [0.1, 0.15) is 24.0 Å². The van der Waals surface area contributed by atoms with Crippen LogP contribution >= 0.6 is 0 Å². The van der Waals surface area contributed by atoms with Gasteiger partial charge in [0, 0.05) is 25.2 Å². The van der Waals surface area contributed by atoms with Gasteiger partial charge in [0.05, 0.1) is 0 Å². The molecule has 0 spiro atoms. The van der Waals surface area contributed by atoms with Crippen LogP contribution in [0, 0.1) is 11.7 Å². The highest BCUT2D eigenvalue weighted by molar-refractivity contribution is 5.25. The first-order valence-corrected chi connectivity index (χ1v) is 7.87. The van der Waals surface area contributed by atoms with Gasteiger partial charge < -0.3 is 10.2 Å². The summed E-state index contributed by atoms with van der Waals surface area (Å²) in [5.41, 5.74) is 1.98. The van der Waals surface area contributed by atoms with Crippen molar-refractivity contribution in [3.63, 3.8) is 0 Å². The second-order valence-corrected chi connectivity index (χ2v) is 6.44. The topological polar surface area (TPSA) is 18.5 Å². The molecule has 2 rings (SSSR count). The Morgan fingerprint density at radius 1 is 1.29 bits per heavy atom. The van der Waals surface area contributed by atoms with Crippen molar-refractivity contribution in [2.75, 3.05) is 40.8 Å². The number of piperidine rings is 1. The van der Waals surface area contributed by atoms with E-state index in [1.165, 1.54) is 19.4 Å². The number of nitrogens with one attached hydrogen (secondary N) is 1. The van der Waals surface area contributed by atoms with Crippen LogP contribution in [-0.4, -0.2) is 50.6 Å². The molecule has 1 saturated heterocycles. The lowest BCUT2D eigenvalue weighted by Gasteiger charge is -2.33. The van der Waals surface area contributed by atoms with Gasteiger partial charge in [-0.3, -0.25) is 4.90 Å². The summed E-state index contributed by atoms with van der Waals surface area (Å²) in [6.07, 6.45) is 2.44. The van der Waals surface area contributed by atoms with Crippen molar-refractivity contribution in [3.8, 4) is 0 Å². The molecule has 118 valence electrons. The minimum absolute atomic E-state index is 0.0785. The van der Waals surface area contributed by atoms with Crippen molar-refractivity contribution in [2.24, 2.45) is 5.92 Å². The van der Waals surface area contributed by atoms with E-state index in [1.54, 1.807) is 6.07 Å². The number of nitrogens with zero attached hydrogens (tertiary/aromatic N) is 2. The summed E-state index contributed by atoms with van der Waals surface area (Å²) in [6.45, 7) is 4.85. The van der Waals surface area contributed by atoms with E-state index >= 15 is 0 Å². The first-order chi connectivity index (χ1) is 10.1. The summed E-state index contributed by atoms with van der Waals surface area (Å²) in [4.78, 5) is 4.65. The van der Waals surface area contributed by atoms with E-state index in [1.807, 2.05) is 19.2 Å². The molecule has 1 N–H and O–H groups in total. The number of benzene rings is 1. The molecule has 0 atom stereocenters. The monoisotopic (exact) mass is 293 g/mol. The highest BCUT2D eigenvalue weighted by Crippen LogP contribution is 2.21. The minimum atomic E-state index is -0.0785. The molecule has 21 heavy (non-hydrogen) atoms. The van der Waals surface area contributed by atoms with E-state index in [2.05, 4.69) is 29.2 Å². The van der Waals surface area contributed by atoms with Crippen LogP contribution in [0.15, 0.2) is 18.2 Å². The fourth-order valence-electron chi connectivity index (χ4n) is 3.15. The van der Waals surface area contributed by atoms with Gasteiger partial charge in [-0.2, -0.15) is 0 Å². The highest BCUT2D eigenvalue weighted by Gasteiger charge is 2.20. The van der Waals surface area contributed by atoms with E-state index in [0.29, 0.717) is 0 Å². The number of hydrogen-bond donors (Lipinski definition) is 1. The van der Waals surface area contributed by atoms with Gasteiger partial charge in [-0.25, -0.2) is 4.39 Å². The largest absolute Gasteiger partial charge is 0.316 e. The maximum absolute atomic E-state index is 14.0. The summed E-state index contributed by atoms with van der Waals surface area (Å²) in [7, 11) is 6.18. The second-order valence-electron chi connectivity index (χ2n) is 6.44. The molecule has 1 aliphatic heterocycles. The maximum Gasteiger partial charge on any atom is 0.127 e. The Labute approximate surface area is 128 Å². The predicted octanol–water partition coefficient (Wildman–Crippen LogP) is 2.32. The molecule has 0 bridgehead atoms. The lowest BCUT2D eigenvalue weighted by atomic mass is 9.96. The van der Waals surface area contributed by atoms with Crippen LogP contribution in [0.2, 0.25) is 0 Å². The molecule has 0 radical (unpaired) electrons. The minimum Gasteiger partial charge on any atom is -0.316 e. The quantitative estimate of drug-likeness (QED) is 0.868. The molecule has 3 nitrogen and oxygen atoms in total. The summed E-state index contributed by atoms with van der Waals surface area (Å²) in [6, 6.07) is 5.46. The maximum atomic E-state index is 14.0. The SMILES string of the molecule is CNCc1ccc(F)c(CN2CCC(CN(C)C)CC2)c1. The third kappa shape index (κ3) is 5.06. The second kappa shape index (κ2) is 7.87. The zero-order valence-corrected chi connectivity index (χ0v) is 13.5. The van der Waals surface area contributed by atoms with Crippen molar-refractivity contribution in [2.45, 2.75) is 25.9 Å². The average Bonchev–Trinajstić information content (AvgIpc) is 2.44. The Hall–Kier alpha value is -0.970. The van der Waals surface area contributed by atoms with Gasteiger partial charge in [0.1, 0.15) is 5.82 Å². The van der Waals surface area contributed by atoms with Crippen LogP contribution in [0.5, 0.6) is 0 Å². The van der Waals surface area contributed by atoms with Crippen LogP contribution < -0.4 is 5.32 Å². The molecule has 0 aromatic heterocycles. The Morgan fingerprint density at radius 3 is 2.62 bits per heavy atom. The average molecular weight is 293 g/mol. The van der Waals surface area contributed by atoms with Gasteiger partial charge >= 0.3 is 0 Å². The van der Waals surface area contributed by atoms with Crippen LogP contribution in [-0.2, 0) is 13.1 Å². The first-order valence-electron chi connectivity index (χ1n) is 7.87. The Morgan fingerprint density at radius 2 is 2.00 bits per heavy atom. The Bertz CT molecular complexity index is 440. The molecule has 1 aromatic rings. The van der Waals surface area contributed by atoms with Crippen LogP contribution in [0.25, 0.3) is 0 Å². The lowest BCUT2D eigenvalue weighted by Crippen LogP contribution is -2.36. The van der Waals surface area contributed by atoms with Crippen molar-refractivity contribution in [1.29, 1.82) is 0 Å². The summed E-state index contributed by atoms with van der Waals surface area (Å²) in [5, 5.41) is 3.12. The van der Waals surface area contributed by atoms with Gasteiger partial charge in [-0.1, -0.05) is 12.1 Å². The molecule has 0 amide bonds. The Balaban J connectivity index is 1.89. The number of hydrogen-bond acceptors (Lipinski definition) is 3. The zero-order valence-electron chi connectivity index (χ0n) is 13.5. The molecule has 1 aliphatic rings. The smallest absolute Gasteiger partial charge is 0.127 e. The molecule has 1 aromatic carbocycles. The molecule has 1 heterocycles. The number of likely N-dealkylation sites (tertiary alicyclic amines) is 1. The third-order valence-electron chi connectivity index (χ3n) is 4.22.